The van der Waals surface area contributed by atoms with Gasteiger partial charge in [0.2, 0.25) is 0 Å². The van der Waals surface area contributed by atoms with E-state index in [0.29, 0.717) is 24.0 Å². The Kier molecular flexibility index (Phi) is 4.84. The summed E-state index contributed by atoms with van der Waals surface area (Å²) in [6.45, 7) is 13.1. The first kappa shape index (κ1) is 18.9. The Bertz CT molecular complexity index is 692. The Morgan fingerprint density at radius 1 is 1.38 bits per heavy atom. The molecule has 2 fully saturated rings. The molecular weight excluding hydrogens is 336 g/mol. The van der Waals surface area contributed by atoms with Crippen LogP contribution in [0.15, 0.2) is 36.0 Å². The lowest BCUT2D eigenvalue weighted by molar-refractivity contribution is -0.225. The fourth-order valence-electron chi connectivity index (χ4n) is 4.10. The number of methoxy groups -OCH3 is 1. The van der Waals surface area contributed by atoms with Gasteiger partial charge < -0.3 is 18.9 Å². The first-order chi connectivity index (χ1) is 12.2. The molecule has 0 aliphatic carbocycles. The molecule has 0 saturated carbocycles. The van der Waals surface area contributed by atoms with E-state index >= 15 is 0 Å². The van der Waals surface area contributed by atoms with Gasteiger partial charge in [0, 0.05) is 30.6 Å². The summed E-state index contributed by atoms with van der Waals surface area (Å²) in [6, 6.07) is 0. The van der Waals surface area contributed by atoms with Crippen LogP contribution in [0.2, 0.25) is 0 Å². The minimum absolute atomic E-state index is 0.113. The summed E-state index contributed by atoms with van der Waals surface area (Å²) in [5, 5.41) is 0. The maximum Gasteiger partial charge on any atom is 0.334 e. The van der Waals surface area contributed by atoms with E-state index in [9.17, 15) is 9.59 Å². The van der Waals surface area contributed by atoms with Crippen LogP contribution in [0.25, 0.3) is 0 Å². The predicted molar refractivity (Wildman–Crippen MR) is 94.0 cm³/mol. The van der Waals surface area contributed by atoms with Gasteiger partial charge in [-0.15, -0.1) is 0 Å². The van der Waals surface area contributed by atoms with E-state index in [4.69, 9.17) is 18.9 Å². The number of carbonyl (C=O) groups is 2. The second kappa shape index (κ2) is 6.67. The van der Waals surface area contributed by atoms with E-state index in [2.05, 4.69) is 13.2 Å². The van der Waals surface area contributed by atoms with Crippen LogP contribution in [-0.2, 0) is 28.5 Å². The highest BCUT2D eigenvalue weighted by molar-refractivity contribution is 5.91. The van der Waals surface area contributed by atoms with Crippen molar-refractivity contribution in [3.8, 4) is 0 Å². The molecule has 2 saturated heterocycles. The third-order valence-electron chi connectivity index (χ3n) is 5.63. The summed E-state index contributed by atoms with van der Waals surface area (Å²) in [7, 11) is 1.61. The molecule has 0 aromatic heterocycles. The second-order valence-electron chi connectivity index (χ2n) is 7.51. The number of hydrogen-bond donors (Lipinski definition) is 0. The molecule has 26 heavy (non-hydrogen) atoms. The summed E-state index contributed by atoms with van der Waals surface area (Å²) in [6.07, 6.45) is 1.65. The van der Waals surface area contributed by atoms with Crippen LogP contribution < -0.4 is 0 Å². The molecular formula is C20H26O6. The molecule has 0 aromatic carbocycles. The molecule has 0 spiro atoms. The minimum atomic E-state index is -0.882. The van der Waals surface area contributed by atoms with Crippen LogP contribution in [0.3, 0.4) is 0 Å². The zero-order valence-corrected chi connectivity index (χ0v) is 15.7. The van der Waals surface area contributed by atoms with Crippen molar-refractivity contribution in [2.24, 2.45) is 11.8 Å². The van der Waals surface area contributed by atoms with E-state index in [1.807, 2.05) is 19.9 Å². The Morgan fingerprint density at radius 2 is 2.08 bits per heavy atom. The van der Waals surface area contributed by atoms with Gasteiger partial charge in [-0.1, -0.05) is 20.1 Å². The number of ether oxygens (including phenoxy) is 4. The molecule has 3 rings (SSSR count). The average Bonchev–Trinajstić information content (AvgIpc) is 3.05. The fraction of sp³-hybridized carbons (Fsp3) is 0.600. The normalized spacial score (nSPS) is 39.2. The average molecular weight is 362 g/mol. The number of carbonyl (C=O) groups excluding carboxylic acids is 2. The van der Waals surface area contributed by atoms with Gasteiger partial charge in [0.05, 0.1) is 12.0 Å². The van der Waals surface area contributed by atoms with Crippen molar-refractivity contribution in [1.29, 1.82) is 0 Å². The van der Waals surface area contributed by atoms with Crippen molar-refractivity contribution in [2.45, 2.75) is 57.7 Å². The standard InChI is InChI=1S/C20H26O6/c1-10(2)18(21)24-15-7-12(4)20(23-6)9-11(3)14(26-20)8-16-17(15)13(5)19(22)25-16/h9,12,14-17H,1,5,7-8H2,2-4,6H3. The lowest BCUT2D eigenvalue weighted by Gasteiger charge is -2.35. The third-order valence-corrected chi connectivity index (χ3v) is 5.63. The van der Waals surface area contributed by atoms with Gasteiger partial charge in [0.25, 0.3) is 0 Å². The van der Waals surface area contributed by atoms with Crippen LogP contribution in [-0.4, -0.2) is 43.1 Å². The quantitative estimate of drug-likeness (QED) is 0.437. The second-order valence-corrected chi connectivity index (χ2v) is 7.51. The molecule has 6 atom stereocenters. The molecule has 6 nitrogen and oxygen atoms in total. The van der Waals surface area contributed by atoms with Crippen LogP contribution in [0, 0.1) is 11.8 Å². The Labute approximate surface area is 153 Å². The van der Waals surface area contributed by atoms with Gasteiger partial charge in [0.1, 0.15) is 12.2 Å². The molecule has 6 unspecified atom stereocenters. The van der Waals surface area contributed by atoms with Crippen LogP contribution in [0.4, 0.5) is 0 Å². The third kappa shape index (κ3) is 3.01. The maximum atomic E-state index is 12.2. The first-order valence-electron chi connectivity index (χ1n) is 8.87. The van der Waals surface area contributed by atoms with E-state index in [1.54, 1.807) is 14.0 Å². The molecule has 0 amide bonds. The van der Waals surface area contributed by atoms with Gasteiger partial charge in [0.15, 0.2) is 5.79 Å². The van der Waals surface area contributed by atoms with E-state index in [1.165, 1.54) is 0 Å². The summed E-state index contributed by atoms with van der Waals surface area (Å²) >= 11 is 0. The molecule has 3 aliphatic rings. The molecule has 142 valence electrons. The van der Waals surface area contributed by atoms with Crippen molar-refractivity contribution in [3.05, 3.63) is 36.0 Å². The molecule has 0 aromatic rings. The Morgan fingerprint density at radius 3 is 2.69 bits per heavy atom. The summed E-state index contributed by atoms with van der Waals surface area (Å²) < 4.78 is 23.2. The van der Waals surface area contributed by atoms with E-state index in [0.717, 1.165) is 5.57 Å². The van der Waals surface area contributed by atoms with Crippen LogP contribution in [0.5, 0.6) is 0 Å². The molecule has 3 aliphatic heterocycles. The van der Waals surface area contributed by atoms with Crippen molar-refractivity contribution < 1.29 is 28.5 Å². The largest absolute Gasteiger partial charge is 0.458 e. The summed E-state index contributed by atoms with van der Waals surface area (Å²) in [4.78, 5) is 24.3. The number of hydrogen-bond acceptors (Lipinski definition) is 6. The number of esters is 2. The monoisotopic (exact) mass is 362 g/mol. The van der Waals surface area contributed by atoms with Gasteiger partial charge in [-0.05, 0) is 31.9 Å². The molecule has 0 N–H and O–H groups in total. The highest BCUT2D eigenvalue weighted by Gasteiger charge is 2.53. The van der Waals surface area contributed by atoms with Crippen LogP contribution >= 0.6 is 0 Å². The predicted octanol–water partition coefficient (Wildman–Crippen LogP) is 2.69. The molecule has 2 bridgehead atoms. The fourth-order valence-corrected chi connectivity index (χ4v) is 4.10. The maximum absolute atomic E-state index is 12.2. The van der Waals surface area contributed by atoms with E-state index in [-0.39, 0.29) is 12.0 Å². The van der Waals surface area contributed by atoms with Crippen molar-refractivity contribution in [2.75, 3.05) is 7.11 Å². The molecule has 3 heterocycles. The smallest absolute Gasteiger partial charge is 0.334 e. The first-order valence-corrected chi connectivity index (χ1v) is 8.87. The topological polar surface area (TPSA) is 71.1 Å². The highest BCUT2D eigenvalue weighted by atomic mass is 16.7. The van der Waals surface area contributed by atoms with Crippen molar-refractivity contribution >= 4 is 11.9 Å². The summed E-state index contributed by atoms with van der Waals surface area (Å²) in [5.41, 5.74) is 1.69. The zero-order valence-electron chi connectivity index (χ0n) is 15.7. The lowest BCUT2D eigenvalue weighted by Crippen LogP contribution is -2.41. The zero-order chi connectivity index (χ0) is 19.2. The summed E-state index contributed by atoms with van der Waals surface area (Å²) in [5.74, 6) is -2.33. The highest BCUT2D eigenvalue weighted by Crippen LogP contribution is 2.46. The minimum Gasteiger partial charge on any atom is -0.458 e. The number of rotatable bonds is 3. The van der Waals surface area contributed by atoms with Gasteiger partial charge in [-0.2, -0.15) is 0 Å². The van der Waals surface area contributed by atoms with Gasteiger partial charge in [-0.3, -0.25) is 0 Å². The van der Waals surface area contributed by atoms with Crippen LogP contribution in [0.1, 0.15) is 33.6 Å². The van der Waals surface area contributed by atoms with Crippen molar-refractivity contribution in [1.82, 2.24) is 0 Å². The van der Waals surface area contributed by atoms with Gasteiger partial charge in [-0.25, -0.2) is 9.59 Å². The van der Waals surface area contributed by atoms with Gasteiger partial charge >= 0.3 is 11.9 Å². The number of fused-ring (bicyclic) bond motifs is 3. The molecule has 0 radical (unpaired) electrons. The SMILES string of the molecule is C=C(C)C(=O)OC1CC(C)C2(OC)C=C(C)C(CC3OC(=O)C(=C)C13)O2. The Balaban J connectivity index is 2.00. The Hall–Kier alpha value is -1.92. The van der Waals surface area contributed by atoms with E-state index < -0.39 is 35.9 Å². The van der Waals surface area contributed by atoms with Crippen molar-refractivity contribution in [3.63, 3.8) is 0 Å². The molecule has 6 heteroatoms. The lowest BCUT2D eigenvalue weighted by atomic mass is 9.81.